The maximum Gasteiger partial charge on any atom is 0.573 e. The molecule has 0 radical (unpaired) electrons. The van der Waals surface area contributed by atoms with Gasteiger partial charge in [-0.2, -0.15) is 0 Å². The summed E-state index contributed by atoms with van der Waals surface area (Å²) in [4.78, 5) is 14.0. The minimum Gasteiger partial charge on any atom is -0.403 e. The van der Waals surface area contributed by atoms with E-state index in [0.717, 1.165) is 6.20 Å². The first-order chi connectivity index (χ1) is 7.39. The fourth-order valence-electron chi connectivity index (χ4n) is 0.961. The van der Waals surface area contributed by atoms with E-state index in [1.54, 1.807) is 22.6 Å². The molecule has 1 aromatic heterocycles. The third-order valence-electron chi connectivity index (χ3n) is 1.56. The third-order valence-corrected chi connectivity index (χ3v) is 2.42. The molecule has 0 fully saturated rings. The van der Waals surface area contributed by atoms with Crippen LogP contribution in [0.15, 0.2) is 6.20 Å². The van der Waals surface area contributed by atoms with E-state index < -0.39 is 24.5 Å². The van der Waals surface area contributed by atoms with Crippen molar-refractivity contribution in [2.75, 3.05) is 0 Å². The molecule has 0 spiro atoms. The summed E-state index contributed by atoms with van der Waals surface area (Å²) in [5.41, 5.74) is -0.916. The van der Waals surface area contributed by atoms with Crippen molar-refractivity contribution in [3.63, 3.8) is 0 Å². The van der Waals surface area contributed by atoms with E-state index in [0.29, 0.717) is 0 Å². The van der Waals surface area contributed by atoms with E-state index in [1.807, 2.05) is 0 Å². The second-order valence-corrected chi connectivity index (χ2v) is 3.76. The Morgan fingerprint density at radius 1 is 1.50 bits per heavy atom. The summed E-state index contributed by atoms with van der Waals surface area (Å²) in [7, 11) is 0. The van der Waals surface area contributed by atoms with Crippen LogP contribution >= 0.6 is 22.6 Å². The maximum absolute atomic E-state index is 12.4. The molecule has 0 aliphatic rings. The first-order valence-corrected chi connectivity index (χ1v) is 4.91. The Balaban J connectivity index is 3.31. The smallest absolute Gasteiger partial charge is 0.403 e. The lowest BCUT2D eigenvalue weighted by Gasteiger charge is -2.13. The molecular formula is C8H4F4INO2. The Kier molecular flexibility index (Phi) is 4.05. The van der Waals surface area contributed by atoms with Crippen molar-refractivity contribution in [1.82, 2.24) is 4.98 Å². The van der Waals surface area contributed by atoms with Gasteiger partial charge in [-0.05, 0) is 22.6 Å². The summed E-state index contributed by atoms with van der Waals surface area (Å²) in [6, 6.07) is 0. The normalized spacial score (nSPS) is 11.3. The predicted molar refractivity (Wildman–Crippen MR) is 53.8 cm³/mol. The minimum atomic E-state index is -4.99. The number of rotatable bonds is 3. The summed E-state index contributed by atoms with van der Waals surface area (Å²) in [5.74, 6) is -0.878. The van der Waals surface area contributed by atoms with Crippen LogP contribution in [0.4, 0.5) is 17.6 Å². The van der Waals surface area contributed by atoms with E-state index in [1.165, 1.54) is 0 Å². The van der Waals surface area contributed by atoms with Crippen molar-refractivity contribution in [2.24, 2.45) is 0 Å². The van der Waals surface area contributed by atoms with Crippen LogP contribution in [-0.2, 0) is 6.67 Å². The highest BCUT2D eigenvalue weighted by molar-refractivity contribution is 14.1. The van der Waals surface area contributed by atoms with E-state index >= 15 is 0 Å². The molecule has 0 saturated heterocycles. The fraction of sp³-hybridized carbons (Fsp3) is 0.250. The zero-order chi connectivity index (χ0) is 12.3. The topological polar surface area (TPSA) is 39.2 Å². The van der Waals surface area contributed by atoms with Gasteiger partial charge in [0.2, 0.25) is 0 Å². The van der Waals surface area contributed by atoms with Gasteiger partial charge in [-0.3, -0.25) is 9.78 Å². The monoisotopic (exact) mass is 349 g/mol. The molecule has 0 atom stereocenters. The van der Waals surface area contributed by atoms with Crippen molar-refractivity contribution in [1.29, 1.82) is 0 Å². The first-order valence-electron chi connectivity index (χ1n) is 3.83. The van der Waals surface area contributed by atoms with Gasteiger partial charge in [0.1, 0.15) is 12.4 Å². The zero-order valence-corrected chi connectivity index (χ0v) is 9.67. The average Bonchev–Trinajstić information content (AvgIpc) is 2.16. The van der Waals surface area contributed by atoms with Gasteiger partial charge < -0.3 is 4.74 Å². The maximum atomic E-state index is 12.4. The van der Waals surface area contributed by atoms with Crippen molar-refractivity contribution in [3.8, 4) is 5.75 Å². The average molecular weight is 349 g/mol. The molecule has 1 aromatic rings. The summed E-state index contributed by atoms with van der Waals surface area (Å²) < 4.78 is 52.2. The van der Waals surface area contributed by atoms with Crippen molar-refractivity contribution >= 4 is 28.9 Å². The number of hydrogen-bond acceptors (Lipinski definition) is 3. The Morgan fingerprint density at radius 2 is 2.12 bits per heavy atom. The first kappa shape index (κ1) is 13.1. The Morgan fingerprint density at radius 3 is 2.56 bits per heavy atom. The molecule has 1 heterocycles. The van der Waals surface area contributed by atoms with Crippen molar-refractivity contribution < 1.29 is 27.1 Å². The third kappa shape index (κ3) is 3.03. The standard InChI is InChI=1S/C8H4F4INO2/c9-1-6-7(16-8(10,11)12)4(3-15)5(13)2-14-6/h2-3H,1H2. The summed E-state index contributed by atoms with van der Waals surface area (Å²) >= 11 is 1.61. The molecule has 0 amide bonds. The van der Waals surface area contributed by atoms with Gasteiger partial charge in [0.15, 0.2) is 12.0 Å². The Bertz CT molecular complexity index is 408. The molecule has 88 valence electrons. The van der Waals surface area contributed by atoms with Gasteiger partial charge in [-0.25, -0.2) is 4.39 Å². The molecule has 1 rings (SSSR count). The van der Waals surface area contributed by atoms with Crippen LogP contribution in [0, 0.1) is 3.57 Å². The molecule has 0 bridgehead atoms. The predicted octanol–water partition coefficient (Wildman–Crippen LogP) is 2.87. The molecule has 0 unspecified atom stereocenters. The molecule has 16 heavy (non-hydrogen) atoms. The number of alkyl halides is 4. The Labute approximate surface area is 101 Å². The van der Waals surface area contributed by atoms with E-state index in [9.17, 15) is 22.4 Å². The number of carbonyl (C=O) groups is 1. The number of hydrogen-bond donors (Lipinski definition) is 0. The summed E-state index contributed by atoms with van der Waals surface area (Å²) in [5, 5.41) is 0. The highest BCUT2D eigenvalue weighted by Crippen LogP contribution is 2.31. The van der Waals surface area contributed by atoms with E-state index in [-0.39, 0.29) is 15.4 Å². The number of carbonyl (C=O) groups excluding carboxylic acids is 1. The van der Waals surface area contributed by atoms with Gasteiger partial charge in [0.25, 0.3) is 0 Å². The highest BCUT2D eigenvalue weighted by atomic mass is 127. The highest BCUT2D eigenvalue weighted by Gasteiger charge is 2.34. The van der Waals surface area contributed by atoms with Crippen LogP contribution in [0.5, 0.6) is 5.75 Å². The van der Waals surface area contributed by atoms with Crippen LogP contribution in [-0.4, -0.2) is 17.6 Å². The summed E-state index contributed by atoms with van der Waals surface area (Å²) in [6.45, 7) is -1.25. The number of ether oxygens (including phenoxy) is 1. The molecule has 3 nitrogen and oxygen atoms in total. The van der Waals surface area contributed by atoms with Crippen molar-refractivity contribution in [2.45, 2.75) is 13.0 Å². The Hall–Kier alpha value is -0.930. The number of pyridine rings is 1. The van der Waals surface area contributed by atoms with Crippen LogP contribution < -0.4 is 4.74 Å². The largest absolute Gasteiger partial charge is 0.573 e. The minimum absolute atomic E-state index is 0.157. The second-order valence-electron chi connectivity index (χ2n) is 2.59. The zero-order valence-electron chi connectivity index (χ0n) is 7.52. The van der Waals surface area contributed by atoms with Crippen LogP contribution in [0.1, 0.15) is 16.1 Å². The van der Waals surface area contributed by atoms with Crippen LogP contribution in [0.2, 0.25) is 0 Å². The molecule has 0 saturated carbocycles. The summed E-state index contributed by atoms with van der Waals surface area (Å²) in [6.07, 6.45) is -3.72. The SMILES string of the molecule is O=Cc1c(I)cnc(CF)c1OC(F)(F)F. The molecule has 0 N–H and O–H groups in total. The quantitative estimate of drug-likeness (QED) is 0.479. The lowest BCUT2D eigenvalue weighted by Crippen LogP contribution is -2.20. The molecule has 8 heteroatoms. The number of aromatic nitrogens is 1. The van der Waals surface area contributed by atoms with Crippen LogP contribution in [0.3, 0.4) is 0 Å². The fourth-order valence-corrected chi connectivity index (χ4v) is 1.47. The molecular weight excluding hydrogens is 345 g/mol. The number of aldehydes is 1. The lowest BCUT2D eigenvalue weighted by atomic mass is 10.2. The lowest BCUT2D eigenvalue weighted by molar-refractivity contribution is -0.275. The molecule has 0 aliphatic carbocycles. The van der Waals surface area contributed by atoms with Gasteiger partial charge in [-0.15, -0.1) is 13.2 Å². The van der Waals surface area contributed by atoms with Gasteiger partial charge in [0.05, 0.1) is 5.56 Å². The number of nitrogens with zero attached hydrogens (tertiary/aromatic N) is 1. The molecule has 0 aliphatic heterocycles. The van der Waals surface area contributed by atoms with Gasteiger partial charge in [-0.1, -0.05) is 0 Å². The van der Waals surface area contributed by atoms with E-state index in [2.05, 4.69) is 9.72 Å². The van der Waals surface area contributed by atoms with Crippen molar-refractivity contribution in [3.05, 3.63) is 21.0 Å². The van der Waals surface area contributed by atoms with Gasteiger partial charge in [0, 0.05) is 9.77 Å². The number of halogens is 5. The van der Waals surface area contributed by atoms with Gasteiger partial charge >= 0.3 is 6.36 Å². The van der Waals surface area contributed by atoms with Crippen LogP contribution in [0.25, 0.3) is 0 Å². The van der Waals surface area contributed by atoms with E-state index in [4.69, 9.17) is 0 Å². The molecule has 0 aromatic carbocycles. The second kappa shape index (κ2) is 4.93.